The van der Waals surface area contributed by atoms with Gasteiger partial charge in [0.25, 0.3) is 0 Å². The quantitative estimate of drug-likeness (QED) is 0.712. The molecular weight excluding hydrogens is 336 g/mol. The molecule has 0 radical (unpaired) electrons. The molecule has 106 valence electrons. The van der Waals surface area contributed by atoms with Gasteiger partial charge in [-0.05, 0) is 24.3 Å². The molecule has 21 heavy (non-hydrogen) atoms. The molecule has 0 saturated heterocycles. The summed E-state index contributed by atoms with van der Waals surface area (Å²) < 4.78 is 14.0. The number of benzene rings is 2. The summed E-state index contributed by atoms with van der Waals surface area (Å²) in [4.78, 5) is 12.4. The lowest BCUT2D eigenvalue weighted by Crippen LogP contribution is -2.13. The summed E-state index contributed by atoms with van der Waals surface area (Å²) in [7, 11) is 0. The molecule has 0 fully saturated rings. The molecule has 0 aromatic heterocycles. The van der Waals surface area contributed by atoms with E-state index in [0.717, 1.165) is 0 Å². The number of Topliss-reactive ketones (excluding diaryl/α,β-unsaturated/α-hetero) is 1. The van der Waals surface area contributed by atoms with Crippen LogP contribution in [0, 0.1) is 17.1 Å². The van der Waals surface area contributed by atoms with Gasteiger partial charge < -0.3 is 0 Å². The van der Waals surface area contributed by atoms with Crippen molar-refractivity contribution in [3.63, 3.8) is 0 Å². The fourth-order valence-corrected chi connectivity index (χ4v) is 2.31. The van der Waals surface area contributed by atoms with Crippen LogP contribution in [-0.2, 0) is 0 Å². The molecule has 0 amide bonds. The van der Waals surface area contributed by atoms with Crippen molar-refractivity contribution in [2.24, 2.45) is 0 Å². The van der Waals surface area contributed by atoms with Crippen molar-refractivity contribution in [1.82, 2.24) is 0 Å². The minimum absolute atomic E-state index is 0.0685. The Hall–Kier alpha value is -1.60. The van der Waals surface area contributed by atoms with Gasteiger partial charge >= 0.3 is 0 Å². The summed E-state index contributed by atoms with van der Waals surface area (Å²) in [5, 5.41) is 9.54. The van der Waals surface area contributed by atoms with Gasteiger partial charge in [-0.25, -0.2) is 4.39 Å². The molecule has 0 aliphatic rings. The van der Waals surface area contributed by atoms with Gasteiger partial charge in [0.15, 0.2) is 5.78 Å². The van der Waals surface area contributed by atoms with E-state index in [1.165, 1.54) is 36.4 Å². The Balaban J connectivity index is 2.46. The fraction of sp³-hybridized carbons (Fsp3) is 0.0667. The van der Waals surface area contributed by atoms with E-state index < -0.39 is 17.5 Å². The number of ketones is 1. The van der Waals surface area contributed by atoms with Crippen LogP contribution in [-0.4, -0.2) is 5.78 Å². The number of hydrogen-bond acceptors (Lipinski definition) is 2. The average molecular weight is 343 g/mol. The molecule has 0 N–H and O–H groups in total. The lowest BCUT2D eigenvalue weighted by molar-refractivity contribution is 0.0977. The smallest absolute Gasteiger partial charge is 0.184 e. The van der Waals surface area contributed by atoms with Gasteiger partial charge in [-0.15, -0.1) is 0 Å². The van der Waals surface area contributed by atoms with Crippen molar-refractivity contribution in [3.8, 4) is 6.07 Å². The van der Waals surface area contributed by atoms with E-state index in [1.807, 2.05) is 0 Å². The first kappa shape index (κ1) is 15.8. The third-order valence-electron chi connectivity index (χ3n) is 2.89. The third kappa shape index (κ3) is 3.19. The molecule has 0 heterocycles. The molecule has 2 rings (SSSR count). The maximum absolute atomic E-state index is 14.0. The molecule has 2 nitrogen and oxygen atoms in total. The second kappa shape index (κ2) is 6.44. The molecule has 6 heteroatoms. The zero-order chi connectivity index (χ0) is 15.6. The molecule has 0 aliphatic heterocycles. The number of carbonyl (C=O) groups is 1. The minimum atomic E-state index is -1.30. The SMILES string of the molecule is N#CC(C(=O)c1ccc(Cl)c(Cl)c1)c1cccc(Cl)c1F. The Labute approximate surface area is 135 Å². The van der Waals surface area contributed by atoms with E-state index in [9.17, 15) is 14.4 Å². The van der Waals surface area contributed by atoms with Crippen LogP contribution in [0.4, 0.5) is 4.39 Å². The van der Waals surface area contributed by atoms with Gasteiger partial charge in [0.2, 0.25) is 0 Å². The van der Waals surface area contributed by atoms with Gasteiger partial charge in [0.1, 0.15) is 11.7 Å². The standard InChI is InChI=1S/C15H7Cl3FNO/c16-11-5-4-8(6-13(11)18)15(21)10(7-20)9-2-1-3-12(17)14(9)19/h1-6,10H. The zero-order valence-electron chi connectivity index (χ0n) is 10.4. The Morgan fingerprint density at radius 3 is 2.43 bits per heavy atom. The largest absolute Gasteiger partial charge is 0.292 e. The van der Waals surface area contributed by atoms with Crippen molar-refractivity contribution in [2.75, 3.05) is 0 Å². The Kier molecular flexibility index (Phi) is 4.84. The summed E-state index contributed by atoms with van der Waals surface area (Å²) in [6.45, 7) is 0. The molecule has 0 bridgehead atoms. The first-order valence-corrected chi connectivity index (χ1v) is 6.92. The van der Waals surface area contributed by atoms with Crippen LogP contribution >= 0.6 is 34.8 Å². The second-order valence-corrected chi connectivity index (χ2v) is 5.42. The van der Waals surface area contributed by atoms with Gasteiger partial charge in [-0.3, -0.25) is 4.79 Å². The summed E-state index contributed by atoms with van der Waals surface area (Å²) in [5.41, 5.74) is 0.108. The zero-order valence-corrected chi connectivity index (χ0v) is 12.7. The second-order valence-electron chi connectivity index (χ2n) is 4.20. The molecule has 2 aromatic rings. The minimum Gasteiger partial charge on any atom is -0.292 e. The predicted molar refractivity (Wildman–Crippen MR) is 80.6 cm³/mol. The molecule has 0 saturated carbocycles. The maximum Gasteiger partial charge on any atom is 0.184 e. The average Bonchev–Trinajstić information content (AvgIpc) is 2.47. The van der Waals surface area contributed by atoms with Crippen LogP contribution in [0.2, 0.25) is 15.1 Å². The van der Waals surface area contributed by atoms with E-state index in [1.54, 1.807) is 6.07 Å². The number of nitriles is 1. The first-order valence-electron chi connectivity index (χ1n) is 5.78. The van der Waals surface area contributed by atoms with Crippen LogP contribution in [0.1, 0.15) is 21.8 Å². The topological polar surface area (TPSA) is 40.9 Å². The molecule has 0 spiro atoms. The van der Waals surface area contributed by atoms with Crippen LogP contribution < -0.4 is 0 Å². The molecule has 2 aromatic carbocycles. The number of carbonyl (C=O) groups excluding carboxylic acids is 1. The van der Waals surface area contributed by atoms with Crippen LogP contribution in [0.15, 0.2) is 36.4 Å². The van der Waals surface area contributed by atoms with E-state index in [0.29, 0.717) is 0 Å². The van der Waals surface area contributed by atoms with Crippen molar-refractivity contribution in [3.05, 3.63) is 68.4 Å². The van der Waals surface area contributed by atoms with Gasteiger partial charge in [0.05, 0.1) is 21.1 Å². The molecule has 1 unspecified atom stereocenters. The van der Waals surface area contributed by atoms with Gasteiger partial charge in [-0.2, -0.15) is 5.26 Å². The summed E-state index contributed by atoms with van der Waals surface area (Å²) in [6, 6.07) is 10.2. The monoisotopic (exact) mass is 341 g/mol. The van der Waals surface area contributed by atoms with Crippen molar-refractivity contribution >= 4 is 40.6 Å². The lowest BCUT2D eigenvalue weighted by Gasteiger charge is -2.11. The highest BCUT2D eigenvalue weighted by Crippen LogP contribution is 2.29. The molecular formula is C15H7Cl3FNO. The number of nitrogens with zero attached hydrogens (tertiary/aromatic N) is 1. The first-order chi connectivity index (χ1) is 9.95. The fourth-order valence-electron chi connectivity index (χ4n) is 1.83. The van der Waals surface area contributed by atoms with Crippen LogP contribution in [0.25, 0.3) is 0 Å². The van der Waals surface area contributed by atoms with Gasteiger partial charge in [0, 0.05) is 11.1 Å². The number of rotatable bonds is 3. The highest BCUT2D eigenvalue weighted by atomic mass is 35.5. The highest BCUT2D eigenvalue weighted by Gasteiger charge is 2.26. The summed E-state index contributed by atoms with van der Waals surface area (Å²) in [5.74, 6) is -2.66. The Bertz CT molecular complexity index is 755. The highest BCUT2D eigenvalue weighted by molar-refractivity contribution is 6.42. The number of halogens is 4. The van der Waals surface area contributed by atoms with E-state index in [4.69, 9.17) is 34.8 Å². The van der Waals surface area contributed by atoms with Crippen LogP contribution in [0.3, 0.4) is 0 Å². The van der Waals surface area contributed by atoms with Crippen molar-refractivity contribution < 1.29 is 9.18 Å². The summed E-state index contributed by atoms with van der Waals surface area (Å²) >= 11 is 17.3. The maximum atomic E-state index is 14.0. The van der Waals surface area contributed by atoms with E-state index >= 15 is 0 Å². The van der Waals surface area contributed by atoms with E-state index in [2.05, 4.69) is 0 Å². The van der Waals surface area contributed by atoms with E-state index in [-0.39, 0.29) is 26.2 Å². The predicted octanol–water partition coefficient (Wildman–Crippen LogP) is 5.28. The van der Waals surface area contributed by atoms with Crippen LogP contribution in [0.5, 0.6) is 0 Å². The normalized spacial score (nSPS) is 11.8. The van der Waals surface area contributed by atoms with Crippen molar-refractivity contribution in [1.29, 1.82) is 5.26 Å². The Morgan fingerprint density at radius 1 is 1.10 bits per heavy atom. The summed E-state index contributed by atoms with van der Waals surface area (Å²) in [6.07, 6.45) is 0. The third-order valence-corrected chi connectivity index (χ3v) is 3.92. The Morgan fingerprint density at radius 2 is 1.81 bits per heavy atom. The number of hydrogen-bond donors (Lipinski definition) is 0. The molecule has 1 atom stereocenters. The van der Waals surface area contributed by atoms with Gasteiger partial charge in [-0.1, -0.05) is 46.9 Å². The lowest BCUT2D eigenvalue weighted by atomic mass is 9.91. The molecule has 0 aliphatic carbocycles. The van der Waals surface area contributed by atoms with Crippen molar-refractivity contribution in [2.45, 2.75) is 5.92 Å².